The lowest BCUT2D eigenvalue weighted by atomic mass is 9.95. The molecule has 1 aromatic carbocycles. The quantitative estimate of drug-likeness (QED) is 0.750. The van der Waals surface area contributed by atoms with Crippen molar-refractivity contribution in [3.8, 4) is 0 Å². The molecular weight excluding hydrogens is 302 g/mol. The van der Waals surface area contributed by atoms with Crippen molar-refractivity contribution in [1.82, 2.24) is 15.5 Å². The van der Waals surface area contributed by atoms with Crippen molar-refractivity contribution in [3.05, 3.63) is 35.9 Å². The largest absolute Gasteiger partial charge is 0.354 e. The van der Waals surface area contributed by atoms with E-state index in [9.17, 15) is 9.59 Å². The lowest BCUT2D eigenvalue weighted by Gasteiger charge is -2.32. The number of benzene rings is 1. The zero-order valence-corrected chi connectivity index (χ0v) is 14.8. The average molecular weight is 331 g/mol. The first-order chi connectivity index (χ1) is 11.6. The highest BCUT2D eigenvalue weighted by Gasteiger charge is 2.24. The van der Waals surface area contributed by atoms with Crippen LogP contribution in [0.4, 0.5) is 0 Å². The van der Waals surface area contributed by atoms with E-state index >= 15 is 0 Å². The van der Waals surface area contributed by atoms with Crippen LogP contribution >= 0.6 is 0 Å². The summed E-state index contributed by atoms with van der Waals surface area (Å²) < 4.78 is 0. The molecule has 0 spiro atoms. The van der Waals surface area contributed by atoms with Gasteiger partial charge in [0.25, 0.3) is 5.91 Å². The van der Waals surface area contributed by atoms with Gasteiger partial charge in [0.15, 0.2) is 0 Å². The van der Waals surface area contributed by atoms with Gasteiger partial charge in [-0.2, -0.15) is 0 Å². The lowest BCUT2D eigenvalue weighted by molar-refractivity contribution is -0.126. The minimum absolute atomic E-state index is 0.105. The van der Waals surface area contributed by atoms with Crippen LogP contribution in [0.1, 0.15) is 37.0 Å². The first-order valence-corrected chi connectivity index (χ1v) is 8.89. The van der Waals surface area contributed by atoms with E-state index in [0.717, 1.165) is 32.5 Å². The summed E-state index contributed by atoms with van der Waals surface area (Å²) in [4.78, 5) is 26.5. The number of hydrogen-bond acceptors (Lipinski definition) is 3. The third kappa shape index (κ3) is 5.96. The van der Waals surface area contributed by atoms with E-state index in [0.29, 0.717) is 24.6 Å². The number of nitrogens with zero attached hydrogens (tertiary/aromatic N) is 1. The highest BCUT2D eigenvalue weighted by atomic mass is 16.2. The minimum Gasteiger partial charge on any atom is -0.354 e. The zero-order chi connectivity index (χ0) is 17.4. The van der Waals surface area contributed by atoms with Gasteiger partial charge in [-0.3, -0.25) is 9.59 Å². The van der Waals surface area contributed by atoms with Crippen molar-refractivity contribution in [2.24, 2.45) is 11.8 Å². The Hall–Kier alpha value is -1.88. The minimum atomic E-state index is -0.105. The van der Waals surface area contributed by atoms with Crippen LogP contribution in [0.5, 0.6) is 0 Å². The van der Waals surface area contributed by atoms with E-state index in [1.54, 1.807) is 12.1 Å². The number of carbonyl (C=O) groups is 2. The van der Waals surface area contributed by atoms with Crippen LogP contribution in [0, 0.1) is 11.8 Å². The summed E-state index contributed by atoms with van der Waals surface area (Å²) in [5.41, 5.74) is 0.640. The van der Waals surface area contributed by atoms with Gasteiger partial charge >= 0.3 is 0 Å². The van der Waals surface area contributed by atoms with E-state index < -0.39 is 0 Å². The fourth-order valence-corrected chi connectivity index (χ4v) is 3.09. The number of hydrogen-bond donors (Lipinski definition) is 2. The van der Waals surface area contributed by atoms with Crippen LogP contribution in [0.2, 0.25) is 0 Å². The van der Waals surface area contributed by atoms with Crippen LogP contribution in [-0.2, 0) is 4.79 Å². The average Bonchev–Trinajstić information content (AvgIpc) is 2.59. The molecule has 1 fully saturated rings. The van der Waals surface area contributed by atoms with Gasteiger partial charge in [0.1, 0.15) is 0 Å². The van der Waals surface area contributed by atoms with Gasteiger partial charge in [-0.15, -0.1) is 0 Å². The molecule has 132 valence electrons. The Morgan fingerprint density at radius 3 is 2.33 bits per heavy atom. The lowest BCUT2D eigenvalue weighted by Crippen LogP contribution is -2.43. The van der Waals surface area contributed by atoms with Gasteiger partial charge in [0, 0.05) is 31.1 Å². The first kappa shape index (κ1) is 18.5. The van der Waals surface area contributed by atoms with E-state index in [4.69, 9.17) is 0 Å². The number of piperidine rings is 1. The highest BCUT2D eigenvalue weighted by Crippen LogP contribution is 2.18. The van der Waals surface area contributed by atoms with Crippen molar-refractivity contribution >= 4 is 11.8 Å². The van der Waals surface area contributed by atoms with Crippen LogP contribution < -0.4 is 10.6 Å². The van der Waals surface area contributed by atoms with Crippen molar-refractivity contribution in [2.75, 3.05) is 32.7 Å². The summed E-state index contributed by atoms with van der Waals surface area (Å²) in [5.74, 6) is 0.793. The first-order valence-electron chi connectivity index (χ1n) is 8.89. The number of rotatable bonds is 7. The second-order valence-electron chi connectivity index (χ2n) is 6.88. The van der Waals surface area contributed by atoms with Crippen molar-refractivity contribution in [2.45, 2.75) is 26.7 Å². The summed E-state index contributed by atoms with van der Waals surface area (Å²) in [6.45, 7) is 8.49. The zero-order valence-electron chi connectivity index (χ0n) is 14.8. The molecule has 0 aromatic heterocycles. The second-order valence-corrected chi connectivity index (χ2v) is 6.88. The smallest absolute Gasteiger partial charge is 0.251 e. The second kappa shape index (κ2) is 9.42. The normalized spacial score (nSPS) is 16.1. The van der Waals surface area contributed by atoms with E-state index in [2.05, 4.69) is 29.4 Å². The van der Waals surface area contributed by atoms with Gasteiger partial charge < -0.3 is 15.5 Å². The van der Waals surface area contributed by atoms with Crippen molar-refractivity contribution in [3.63, 3.8) is 0 Å². The van der Waals surface area contributed by atoms with Gasteiger partial charge in [0.2, 0.25) is 5.91 Å². The molecule has 0 bridgehead atoms. The molecule has 2 N–H and O–H groups in total. The Balaban J connectivity index is 1.61. The molecule has 2 amide bonds. The molecular formula is C19H29N3O2. The van der Waals surface area contributed by atoms with E-state index in [-0.39, 0.29) is 17.7 Å². The summed E-state index contributed by atoms with van der Waals surface area (Å²) >= 11 is 0. The predicted molar refractivity (Wildman–Crippen MR) is 95.8 cm³/mol. The highest BCUT2D eigenvalue weighted by molar-refractivity contribution is 5.94. The molecule has 24 heavy (non-hydrogen) atoms. The number of nitrogens with one attached hydrogen (secondary N) is 2. The topological polar surface area (TPSA) is 61.4 Å². The fraction of sp³-hybridized carbons (Fsp3) is 0.579. The molecule has 1 saturated heterocycles. The van der Waals surface area contributed by atoms with E-state index in [1.807, 2.05) is 18.2 Å². The summed E-state index contributed by atoms with van der Waals surface area (Å²) in [7, 11) is 0. The van der Waals surface area contributed by atoms with Crippen molar-refractivity contribution < 1.29 is 9.59 Å². The third-order valence-corrected chi connectivity index (χ3v) is 4.33. The van der Waals surface area contributed by atoms with Crippen LogP contribution in [0.25, 0.3) is 0 Å². The molecule has 5 heteroatoms. The number of carbonyl (C=O) groups excluding carboxylic acids is 2. The van der Waals surface area contributed by atoms with Gasteiger partial charge in [0.05, 0.1) is 0 Å². The van der Waals surface area contributed by atoms with E-state index in [1.165, 1.54) is 0 Å². The summed E-state index contributed by atoms with van der Waals surface area (Å²) in [5, 5.41) is 5.77. The summed E-state index contributed by atoms with van der Waals surface area (Å²) in [6.07, 6.45) is 1.85. The van der Waals surface area contributed by atoms with Crippen LogP contribution in [0.15, 0.2) is 30.3 Å². The molecule has 5 nitrogen and oxygen atoms in total. The molecule has 0 unspecified atom stereocenters. The molecule has 0 saturated carbocycles. The van der Waals surface area contributed by atoms with Gasteiger partial charge in [-0.25, -0.2) is 0 Å². The molecule has 0 aliphatic carbocycles. The molecule has 1 aromatic rings. The Morgan fingerprint density at radius 2 is 1.71 bits per heavy atom. The Bertz CT molecular complexity index is 523. The van der Waals surface area contributed by atoms with Crippen molar-refractivity contribution in [1.29, 1.82) is 0 Å². The Labute approximate surface area is 144 Å². The maximum absolute atomic E-state index is 12.2. The molecule has 2 rings (SSSR count). The Morgan fingerprint density at radius 1 is 1.08 bits per heavy atom. The van der Waals surface area contributed by atoms with Gasteiger partial charge in [-0.05, 0) is 44.0 Å². The predicted octanol–water partition coefficient (Wildman–Crippen LogP) is 1.90. The van der Waals surface area contributed by atoms with Crippen LogP contribution in [0.3, 0.4) is 0 Å². The number of likely N-dealkylation sites (tertiary alicyclic amines) is 1. The molecule has 1 aliphatic heterocycles. The molecule has 1 heterocycles. The standard InChI is InChI=1S/C19H29N3O2/c1-15(2)14-22-12-8-17(9-13-22)19(24)21-11-10-20-18(23)16-6-4-3-5-7-16/h3-7,15,17H,8-14H2,1-2H3,(H,20,23)(H,21,24). The Kier molecular flexibility index (Phi) is 7.25. The maximum atomic E-state index is 12.2. The monoisotopic (exact) mass is 331 g/mol. The maximum Gasteiger partial charge on any atom is 0.251 e. The molecule has 0 atom stereocenters. The SMILES string of the molecule is CC(C)CN1CCC(C(=O)NCCNC(=O)c2ccccc2)CC1. The van der Waals surface area contributed by atoms with Crippen LogP contribution in [-0.4, -0.2) is 49.4 Å². The fourth-order valence-electron chi connectivity index (χ4n) is 3.09. The molecule has 1 aliphatic rings. The number of amides is 2. The summed E-state index contributed by atoms with van der Waals surface area (Å²) in [6, 6.07) is 9.10. The third-order valence-electron chi connectivity index (χ3n) is 4.33. The molecule has 0 radical (unpaired) electrons. The van der Waals surface area contributed by atoms with Gasteiger partial charge in [-0.1, -0.05) is 32.0 Å².